The van der Waals surface area contributed by atoms with E-state index in [4.69, 9.17) is 0 Å². The van der Waals surface area contributed by atoms with Crippen molar-refractivity contribution in [3.05, 3.63) is 110 Å². The van der Waals surface area contributed by atoms with Gasteiger partial charge in [-0.05, 0) is 49.2 Å². The summed E-state index contributed by atoms with van der Waals surface area (Å²) in [6.07, 6.45) is 0. The summed E-state index contributed by atoms with van der Waals surface area (Å²) >= 11 is 0. The van der Waals surface area contributed by atoms with Crippen molar-refractivity contribution in [3.8, 4) is 22.7 Å². The molecule has 0 aliphatic carbocycles. The molecule has 36 heavy (non-hydrogen) atoms. The molecule has 0 spiro atoms. The number of aromatic hydroxyl groups is 1. The van der Waals surface area contributed by atoms with E-state index in [2.05, 4.69) is 16.0 Å². The van der Waals surface area contributed by atoms with Crippen molar-refractivity contribution in [2.45, 2.75) is 19.9 Å². The Hall–Kier alpha value is -4.52. The van der Waals surface area contributed by atoms with Crippen molar-refractivity contribution in [2.24, 2.45) is 14.1 Å². The van der Waals surface area contributed by atoms with Crippen LogP contribution in [0.2, 0.25) is 0 Å². The number of benzene rings is 3. The fourth-order valence-corrected chi connectivity index (χ4v) is 5.41. The highest BCUT2D eigenvalue weighted by molar-refractivity contribution is 5.99. The summed E-state index contributed by atoms with van der Waals surface area (Å²) in [5.74, 6) is 0.152. The van der Waals surface area contributed by atoms with Crippen LogP contribution in [0.3, 0.4) is 0 Å². The molecule has 6 rings (SSSR count). The highest BCUT2D eigenvalue weighted by atomic mass is 16.3. The SMILES string of the molecule is Cc1cccc(-c2c3c(=O)n(C)c(=O)n(C)c3c3n2-c2ccccc2N[C@H]3c2ccc(C)cc2O)c1. The van der Waals surface area contributed by atoms with Crippen molar-refractivity contribution in [1.29, 1.82) is 0 Å². The molecule has 3 heterocycles. The molecule has 1 aliphatic heterocycles. The van der Waals surface area contributed by atoms with Crippen LogP contribution in [-0.2, 0) is 14.1 Å². The van der Waals surface area contributed by atoms with Crippen LogP contribution >= 0.6 is 0 Å². The van der Waals surface area contributed by atoms with Gasteiger partial charge in [-0.2, -0.15) is 0 Å². The van der Waals surface area contributed by atoms with E-state index < -0.39 is 11.7 Å². The number of fused-ring (bicyclic) bond motifs is 5. The van der Waals surface area contributed by atoms with Crippen molar-refractivity contribution in [2.75, 3.05) is 5.32 Å². The molecule has 0 saturated heterocycles. The normalized spacial score (nSPS) is 14.4. The third kappa shape index (κ3) is 2.99. The molecule has 0 radical (unpaired) electrons. The molecule has 0 amide bonds. The van der Waals surface area contributed by atoms with E-state index >= 15 is 0 Å². The van der Waals surface area contributed by atoms with Crippen LogP contribution < -0.4 is 16.6 Å². The third-order valence-corrected chi connectivity index (χ3v) is 7.12. The summed E-state index contributed by atoms with van der Waals surface area (Å²) in [5, 5.41) is 15.0. The molecule has 7 nitrogen and oxygen atoms in total. The van der Waals surface area contributed by atoms with Crippen molar-refractivity contribution < 1.29 is 5.11 Å². The molecule has 0 fully saturated rings. The first kappa shape index (κ1) is 22.0. The van der Waals surface area contributed by atoms with Crippen LogP contribution in [0.1, 0.15) is 28.4 Å². The van der Waals surface area contributed by atoms with E-state index in [0.29, 0.717) is 16.5 Å². The number of rotatable bonds is 2. The minimum absolute atomic E-state index is 0.152. The number of phenolic OH excluding ortho intramolecular Hbond substituents is 1. The van der Waals surface area contributed by atoms with Gasteiger partial charge in [0.1, 0.15) is 5.75 Å². The molecular weight excluding hydrogens is 452 g/mol. The second-order valence-electron chi connectivity index (χ2n) is 9.52. The van der Waals surface area contributed by atoms with Gasteiger partial charge in [-0.25, -0.2) is 4.79 Å². The summed E-state index contributed by atoms with van der Waals surface area (Å²) in [6, 6.07) is 21.0. The van der Waals surface area contributed by atoms with E-state index in [9.17, 15) is 14.7 Å². The molecule has 180 valence electrons. The number of aryl methyl sites for hydroxylation is 3. The number of para-hydroxylation sites is 2. The van der Waals surface area contributed by atoms with Gasteiger partial charge in [0.05, 0.1) is 39.7 Å². The first-order chi connectivity index (χ1) is 17.3. The maximum atomic E-state index is 13.7. The highest BCUT2D eigenvalue weighted by Gasteiger charge is 2.35. The van der Waals surface area contributed by atoms with Crippen LogP contribution in [0.4, 0.5) is 5.69 Å². The average molecular weight is 479 g/mol. The highest BCUT2D eigenvalue weighted by Crippen LogP contribution is 2.46. The van der Waals surface area contributed by atoms with Gasteiger partial charge in [-0.1, -0.05) is 48.0 Å². The van der Waals surface area contributed by atoms with E-state index in [1.165, 1.54) is 11.6 Å². The van der Waals surface area contributed by atoms with Gasteiger partial charge >= 0.3 is 5.69 Å². The molecule has 5 aromatic rings. The van der Waals surface area contributed by atoms with E-state index in [1.54, 1.807) is 13.1 Å². The molecular formula is C29H26N4O3. The van der Waals surface area contributed by atoms with Crippen LogP contribution in [0.15, 0.2) is 76.3 Å². The summed E-state index contributed by atoms with van der Waals surface area (Å²) in [4.78, 5) is 26.9. The Kier molecular flexibility index (Phi) is 4.73. The molecule has 0 bridgehead atoms. The van der Waals surface area contributed by atoms with Crippen LogP contribution in [0, 0.1) is 13.8 Å². The van der Waals surface area contributed by atoms with E-state index in [-0.39, 0.29) is 11.3 Å². The molecule has 0 unspecified atom stereocenters. The zero-order valence-corrected chi connectivity index (χ0v) is 20.5. The molecule has 1 atom stereocenters. The summed E-state index contributed by atoms with van der Waals surface area (Å²) < 4.78 is 4.77. The van der Waals surface area contributed by atoms with Gasteiger partial charge in [0.25, 0.3) is 5.56 Å². The Morgan fingerprint density at radius 1 is 0.861 bits per heavy atom. The van der Waals surface area contributed by atoms with Gasteiger partial charge in [0.15, 0.2) is 0 Å². The Morgan fingerprint density at radius 3 is 2.36 bits per heavy atom. The second-order valence-corrected chi connectivity index (χ2v) is 9.52. The lowest BCUT2D eigenvalue weighted by molar-refractivity contribution is 0.465. The molecule has 0 saturated carbocycles. The van der Waals surface area contributed by atoms with Gasteiger partial charge in [0.2, 0.25) is 0 Å². The largest absolute Gasteiger partial charge is 0.508 e. The topological polar surface area (TPSA) is 81.2 Å². The lowest BCUT2D eigenvalue weighted by Crippen LogP contribution is -2.37. The monoisotopic (exact) mass is 478 g/mol. The number of phenols is 1. The minimum Gasteiger partial charge on any atom is -0.508 e. The predicted molar refractivity (Wildman–Crippen MR) is 142 cm³/mol. The van der Waals surface area contributed by atoms with Crippen LogP contribution in [0.25, 0.3) is 27.8 Å². The van der Waals surface area contributed by atoms with Gasteiger partial charge < -0.3 is 15.0 Å². The zero-order valence-electron chi connectivity index (χ0n) is 20.5. The number of aromatic nitrogens is 3. The molecule has 1 aliphatic rings. The fraction of sp³-hybridized carbons (Fsp3) is 0.172. The number of nitrogens with zero attached hydrogens (tertiary/aromatic N) is 3. The Morgan fingerprint density at radius 2 is 1.61 bits per heavy atom. The summed E-state index contributed by atoms with van der Waals surface area (Å²) in [5.41, 5.74) is 6.54. The molecule has 2 aromatic heterocycles. The van der Waals surface area contributed by atoms with Gasteiger partial charge in [0, 0.05) is 19.7 Å². The summed E-state index contributed by atoms with van der Waals surface area (Å²) in [7, 11) is 3.20. The molecule has 2 N–H and O–H groups in total. The number of anilines is 1. The Labute approximate surface area is 207 Å². The lowest BCUT2D eigenvalue weighted by Gasteiger charge is -2.31. The van der Waals surface area contributed by atoms with Gasteiger partial charge in [-0.3, -0.25) is 13.9 Å². The maximum Gasteiger partial charge on any atom is 0.331 e. The third-order valence-electron chi connectivity index (χ3n) is 7.12. The number of hydrogen-bond donors (Lipinski definition) is 2. The predicted octanol–water partition coefficient (Wildman–Crippen LogP) is 4.53. The fourth-order valence-electron chi connectivity index (χ4n) is 5.41. The first-order valence-corrected chi connectivity index (χ1v) is 11.8. The zero-order chi connectivity index (χ0) is 25.3. The van der Waals surface area contributed by atoms with Crippen molar-refractivity contribution >= 4 is 16.6 Å². The average Bonchev–Trinajstić information content (AvgIpc) is 3.23. The van der Waals surface area contributed by atoms with E-state index in [0.717, 1.165) is 44.0 Å². The first-order valence-electron chi connectivity index (χ1n) is 11.8. The maximum absolute atomic E-state index is 13.7. The van der Waals surface area contributed by atoms with Crippen molar-refractivity contribution in [3.63, 3.8) is 0 Å². The minimum atomic E-state index is -0.501. The summed E-state index contributed by atoms with van der Waals surface area (Å²) in [6.45, 7) is 3.94. The van der Waals surface area contributed by atoms with Gasteiger partial charge in [-0.15, -0.1) is 0 Å². The van der Waals surface area contributed by atoms with Crippen molar-refractivity contribution in [1.82, 2.24) is 13.7 Å². The number of hydrogen-bond acceptors (Lipinski definition) is 4. The molecule has 3 aromatic carbocycles. The standard InChI is InChI=1S/C29H26N4O3/c1-16-8-7-9-18(14-16)25-23-26(31(3)29(36)32(4)28(23)35)27-24(19-13-12-17(2)15-22(19)34)30-20-10-5-6-11-21(20)33(25)27/h5-15,24,30,34H,1-4H3/t24-/m0/s1. The smallest absolute Gasteiger partial charge is 0.331 e. The quantitative estimate of drug-likeness (QED) is 0.391. The Bertz CT molecular complexity index is 1820. The molecule has 7 heteroatoms. The second kappa shape index (κ2) is 7.75. The number of nitrogens with one attached hydrogen (secondary N) is 1. The van der Waals surface area contributed by atoms with Crippen LogP contribution in [-0.4, -0.2) is 18.8 Å². The van der Waals surface area contributed by atoms with Crippen LogP contribution in [0.5, 0.6) is 5.75 Å². The van der Waals surface area contributed by atoms with E-state index in [1.807, 2.05) is 68.4 Å². The lowest BCUT2D eigenvalue weighted by atomic mass is 9.97. The Balaban J connectivity index is 1.87.